The minimum atomic E-state index is -0.561. The predicted molar refractivity (Wildman–Crippen MR) is 80.6 cm³/mol. The minimum absolute atomic E-state index is 0.105. The number of carbonyl (C=O) groups is 1. The Kier molecular flexibility index (Phi) is 5.10. The number of pyridine rings is 1. The summed E-state index contributed by atoms with van der Waals surface area (Å²) >= 11 is 0. The van der Waals surface area contributed by atoms with Crippen LogP contribution in [0.3, 0.4) is 0 Å². The molecule has 0 spiro atoms. The van der Waals surface area contributed by atoms with Gasteiger partial charge in [-0.1, -0.05) is 0 Å². The Morgan fingerprint density at radius 1 is 1.35 bits per heavy atom. The van der Waals surface area contributed by atoms with Crippen LogP contribution in [-0.4, -0.2) is 25.2 Å². The number of nitriles is 1. The van der Waals surface area contributed by atoms with Crippen LogP contribution < -0.4 is 10.1 Å². The largest absolute Gasteiger partial charge is 0.480 e. The summed E-state index contributed by atoms with van der Waals surface area (Å²) in [7, 11) is 2.65. The third-order valence-electron chi connectivity index (χ3n) is 3.09. The molecule has 0 radical (unpaired) electrons. The molecular weight excluding hydrogens is 301 g/mol. The number of benzene rings is 1. The first-order chi connectivity index (χ1) is 11.1. The van der Waals surface area contributed by atoms with Gasteiger partial charge in [-0.15, -0.1) is 0 Å². The zero-order chi connectivity index (χ0) is 16.8. The van der Waals surface area contributed by atoms with Crippen molar-refractivity contribution in [3.05, 3.63) is 52.8 Å². The Balaban J connectivity index is 2.18. The molecule has 1 N–H and O–H groups in total. The molecule has 0 saturated carbocycles. The molecule has 0 aliphatic carbocycles. The Bertz CT molecular complexity index is 772. The van der Waals surface area contributed by atoms with Gasteiger partial charge in [0.1, 0.15) is 17.2 Å². The van der Waals surface area contributed by atoms with E-state index >= 15 is 0 Å². The van der Waals surface area contributed by atoms with E-state index < -0.39 is 11.8 Å². The summed E-state index contributed by atoms with van der Waals surface area (Å²) < 4.78 is 23.4. The average molecular weight is 315 g/mol. The number of halogens is 1. The summed E-state index contributed by atoms with van der Waals surface area (Å²) in [6, 6.07) is 9.12. The van der Waals surface area contributed by atoms with Crippen molar-refractivity contribution in [1.29, 1.82) is 5.26 Å². The molecule has 0 amide bonds. The van der Waals surface area contributed by atoms with Gasteiger partial charge in [0, 0.05) is 12.1 Å². The lowest BCUT2D eigenvalue weighted by atomic mass is 10.1. The van der Waals surface area contributed by atoms with Crippen LogP contribution in [0.1, 0.15) is 21.5 Å². The van der Waals surface area contributed by atoms with Gasteiger partial charge in [0.15, 0.2) is 0 Å². The highest BCUT2D eigenvalue weighted by molar-refractivity contribution is 5.92. The second-order valence-electron chi connectivity index (χ2n) is 4.52. The Morgan fingerprint density at radius 3 is 2.78 bits per heavy atom. The fourth-order valence-electron chi connectivity index (χ4n) is 1.93. The average Bonchev–Trinajstić information content (AvgIpc) is 2.60. The van der Waals surface area contributed by atoms with Crippen molar-refractivity contribution in [2.24, 2.45) is 0 Å². The Hall–Kier alpha value is -3.14. The van der Waals surface area contributed by atoms with Gasteiger partial charge in [-0.3, -0.25) is 0 Å². The molecule has 1 heterocycles. The number of nitrogens with zero attached hydrogens (tertiary/aromatic N) is 2. The zero-order valence-corrected chi connectivity index (χ0v) is 12.6. The van der Waals surface area contributed by atoms with Gasteiger partial charge in [-0.25, -0.2) is 9.18 Å². The van der Waals surface area contributed by atoms with E-state index in [9.17, 15) is 9.18 Å². The molecule has 6 nitrogen and oxygen atoms in total. The second-order valence-corrected chi connectivity index (χ2v) is 4.52. The van der Waals surface area contributed by atoms with Crippen LogP contribution in [0.15, 0.2) is 30.3 Å². The van der Waals surface area contributed by atoms with Crippen LogP contribution in [0.25, 0.3) is 0 Å². The van der Waals surface area contributed by atoms with Crippen LogP contribution in [-0.2, 0) is 11.3 Å². The van der Waals surface area contributed by atoms with Crippen molar-refractivity contribution in [3.8, 4) is 11.9 Å². The maximum Gasteiger partial charge on any atom is 0.343 e. The predicted octanol–water partition coefficient (Wildman–Crippen LogP) is 2.50. The number of anilines is 1. The first-order valence-corrected chi connectivity index (χ1v) is 6.64. The number of carbonyl (C=O) groups excluding carboxylic acids is 1. The fourth-order valence-corrected chi connectivity index (χ4v) is 1.93. The first-order valence-electron chi connectivity index (χ1n) is 6.64. The maximum absolute atomic E-state index is 13.7. The molecular formula is C16H14FN3O3. The molecule has 0 unspecified atom stereocenters. The lowest BCUT2D eigenvalue weighted by Crippen LogP contribution is -2.08. The summed E-state index contributed by atoms with van der Waals surface area (Å²) in [5.41, 5.74) is 0.898. The van der Waals surface area contributed by atoms with Crippen molar-refractivity contribution in [2.75, 3.05) is 19.5 Å². The maximum atomic E-state index is 13.7. The normalized spacial score (nSPS) is 9.83. The van der Waals surface area contributed by atoms with Crippen molar-refractivity contribution < 1.29 is 18.7 Å². The van der Waals surface area contributed by atoms with Crippen molar-refractivity contribution in [1.82, 2.24) is 4.98 Å². The molecule has 0 aliphatic heterocycles. The highest BCUT2D eigenvalue weighted by Crippen LogP contribution is 2.20. The monoisotopic (exact) mass is 315 g/mol. The van der Waals surface area contributed by atoms with Crippen LogP contribution in [0, 0.1) is 17.1 Å². The summed E-state index contributed by atoms with van der Waals surface area (Å²) in [4.78, 5) is 15.7. The van der Waals surface area contributed by atoms with Gasteiger partial charge in [0.25, 0.3) is 0 Å². The SMILES string of the molecule is COC(=O)c1ccc(NCc2cc(C#N)ccc2F)nc1OC. The highest BCUT2D eigenvalue weighted by atomic mass is 19.1. The van der Waals surface area contributed by atoms with Gasteiger partial charge in [-0.2, -0.15) is 10.2 Å². The van der Waals surface area contributed by atoms with Crippen LogP contribution in [0.2, 0.25) is 0 Å². The smallest absolute Gasteiger partial charge is 0.343 e. The molecule has 7 heteroatoms. The van der Waals surface area contributed by atoms with Gasteiger partial charge in [-0.05, 0) is 30.3 Å². The summed E-state index contributed by atoms with van der Waals surface area (Å²) in [6.45, 7) is 0.134. The number of hydrogen-bond acceptors (Lipinski definition) is 6. The number of nitrogens with one attached hydrogen (secondary N) is 1. The van der Waals surface area contributed by atoms with Crippen molar-refractivity contribution in [3.63, 3.8) is 0 Å². The lowest BCUT2D eigenvalue weighted by molar-refractivity contribution is 0.0596. The molecule has 23 heavy (non-hydrogen) atoms. The van der Waals surface area contributed by atoms with E-state index in [2.05, 4.69) is 15.0 Å². The van der Waals surface area contributed by atoms with Crippen LogP contribution in [0.4, 0.5) is 10.2 Å². The molecule has 0 atom stereocenters. The third-order valence-corrected chi connectivity index (χ3v) is 3.09. The molecule has 0 saturated heterocycles. The quantitative estimate of drug-likeness (QED) is 0.853. The topological polar surface area (TPSA) is 84.2 Å². The third kappa shape index (κ3) is 3.74. The van der Waals surface area contributed by atoms with Gasteiger partial charge in [0.05, 0.1) is 25.9 Å². The number of rotatable bonds is 5. The minimum Gasteiger partial charge on any atom is -0.480 e. The molecule has 118 valence electrons. The number of aromatic nitrogens is 1. The number of ether oxygens (including phenoxy) is 2. The Morgan fingerprint density at radius 2 is 2.13 bits per heavy atom. The van der Waals surface area contributed by atoms with Crippen molar-refractivity contribution >= 4 is 11.8 Å². The Labute approximate surface area is 132 Å². The molecule has 2 aromatic rings. The van der Waals surface area contributed by atoms with E-state index in [-0.39, 0.29) is 18.0 Å². The van der Waals surface area contributed by atoms with E-state index in [0.717, 1.165) is 0 Å². The summed E-state index contributed by atoms with van der Waals surface area (Å²) in [5, 5.41) is 11.8. The van der Waals surface area contributed by atoms with Gasteiger partial charge < -0.3 is 14.8 Å². The fraction of sp³-hybridized carbons (Fsp3) is 0.188. The molecule has 1 aromatic heterocycles. The summed E-state index contributed by atoms with van der Waals surface area (Å²) in [6.07, 6.45) is 0. The van der Waals surface area contributed by atoms with Gasteiger partial charge in [0.2, 0.25) is 5.88 Å². The van der Waals surface area contributed by atoms with E-state index in [4.69, 9.17) is 10.00 Å². The van der Waals surface area contributed by atoms with E-state index in [1.54, 1.807) is 6.07 Å². The summed E-state index contributed by atoms with van der Waals surface area (Å²) in [5.74, 6) is -0.479. The van der Waals surface area contributed by atoms with Crippen molar-refractivity contribution in [2.45, 2.75) is 6.54 Å². The molecule has 1 aromatic carbocycles. The molecule has 0 aliphatic rings. The number of hydrogen-bond donors (Lipinski definition) is 1. The van der Waals surface area contributed by atoms with Crippen LogP contribution >= 0.6 is 0 Å². The second kappa shape index (κ2) is 7.22. The zero-order valence-electron chi connectivity index (χ0n) is 12.6. The van der Waals surface area contributed by atoms with E-state index in [1.807, 2.05) is 6.07 Å². The number of esters is 1. The van der Waals surface area contributed by atoms with E-state index in [0.29, 0.717) is 16.9 Å². The highest BCUT2D eigenvalue weighted by Gasteiger charge is 2.14. The molecule has 0 bridgehead atoms. The van der Waals surface area contributed by atoms with Crippen LogP contribution in [0.5, 0.6) is 5.88 Å². The van der Waals surface area contributed by atoms with E-state index in [1.165, 1.54) is 38.5 Å². The molecule has 0 fully saturated rings. The standard InChI is InChI=1S/C16H14FN3O3/c1-22-15-12(16(21)23-2)4-6-14(20-15)19-9-11-7-10(8-18)3-5-13(11)17/h3-7H,9H2,1-2H3,(H,19,20). The molecule has 2 rings (SSSR count). The first kappa shape index (κ1) is 16.2. The number of methoxy groups -OCH3 is 2. The van der Waals surface area contributed by atoms with Gasteiger partial charge >= 0.3 is 5.97 Å². The lowest BCUT2D eigenvalue weighted by Gasteiger charge is -2.10.